The third kappa shape index (κ3) is 2.10. The van der Waals surface area contributed by atoms with E-state index in [1.807, 2.05) is 24.3 Å². The SMILES string of the molecule is OB(O)c1ccc2c(c1B(O)O)Cc1ccccc1O2. The van der Waals surface area contributed by atoms with Crippen LogP contribution in [0, 0.1) is 0 Å². The molecule has 0 radical (unpaired) electrons. The van der Waals surface area contributed by atoms with Gasteiger partial charge >= 0.3 is 14.2 Å². The zero-order chi connectivity index (χ0) is 14.3. The Morgan fingerprint density at radius 3 is 2.30 bits per heavy atom. The normalized spacial score (nSPS) is 12.2. The molecule has 0 spiro atoms. The molecule has 100 valence electrons. The molecule has 4 N–H and O–H groups in total. The molecule has 0 saturated heterocycles. The van der Waals surface area contributed by atoms with E-state index < -0.39 is 14.2 Å². The zero-order valence-corrected chi connectivity index (χ0v) is 10.5. The third-order valence-corrected chi connectivity index (χ3v) is 3.44. The van der Waals surface area contributed by atoms with Crippen LogP contribution in [0.5, 0.6) is 11.5 Å². The summed E-state index contributed by atoms with van der Waals surface area (Å²) in [5.41, 5.74) is 1.63. The Bertz CT molecular complexity index is 657. The van der Waals surface area contributed by atoms with E-state index in [0.717, 1.165) is 11.3 Å². The van der Waals surface area contributed by atoms with Gasteiger partial charge in [0.15, 0.2) is 0 Å². The summed E-state index contributed by atoms with van der Waals surface area (Å²) in [5.74, 6) is 1.21. The summed E-state index contributed by atoms with van der Waals surface area (Å²) >= 11 is 0. The highest BCUT2D eigenvalue weighted by atomic mass is 16.5. The van der Waals surface area contributed by atoms with Gasteiger partial charge in [-0.2, -0.15) is 0 Å². The monoisotopic (exact) mass is 270 g/mol. The van der Waals surface area contributed by atoms with Crippen molar-refractivity contribution in [2.24, 2.45) is 0 Å². The predicted octanol–water partition coefficient (Wildman–Crippen LogP) is -1.26. The first-order chi connectivity index (χ1) is 9.58. The Morgan fingerprint density at radius 2 is 1.60 bits per heavy atom. The van der Waals surface area contributed by atoms with Crippen molar-refractivity contribution < 1.29 is 24.8 Å². The van der Waals surface area contributed by atoms with Crippen molar-refractivity contribution in [1.29, 1.82) is 0 Å². The number of ether oxygens (including phenoxy) is 1. The number of fused-ring (bicyclic) bond motifs is 2. The molecule has 2 aromatic rings. The predicted molar refractivity (Wildman–Crippen MR) is 75.4 cm³/mol. The second kappa shape index (κ2) is 4.95. The number of rotatable bonds is 2. The zero-order valence-electron chi connectivity index (χ0n) is 10.5. The molecule has 1 aliphatic rings. The smallest absolute Gasteiger partial charge is 0.457 e. The summed E-state index contributed by atoms with van der Waals surface area (Å²) in [4.78, 5) is 0. The first-order valence-corrected chi connectivity index (χ1v) is 6.21. The molecule has 1 heterocycles. The summed E-state index contributed by atoms with van der Waals surface area (Å²) < 4.78 is 5.72. The highest BCUT2D eigenvalue weighted by molar-refractivity contribution is 6.72. The van der Waals surface area contributed by atoms with Gasteiger partial charge in [0, 0.05) is 6.42 Å². The number of para-hydroxylation sites is 1. The van der Waals surface area contributed by atoms with Crippen molar-refractivity contribution in [2.75, 3.05) is 0 Å². The fourth-order valence-corrected chi connectivity index (χ4v) is 2.53. The summed E-state index contributed by atoms with van der Waals surface area (Å²) in [6.45, 7) is 0. The van der Waals surface area contributed by atoms with Gasteiger partial charge in [-0.15, -0.1) is 0 Å². The average Bonchev–Trinajstić information content (AvgIpc) is 2.43. The standard InChI is InChI=1S/C13H12B2O5/c16-14(17)10-5-6-12-9(13(10)15(18)19)7-8-3-1-2-4-11(8)20-12/h1-6,16-19H,7H2. The first-order valence-electron chi connectivity index (χ1n) is 6.21. The van der Waals surface area contributed by atoms with Crippen LogP contribution >= 0.6 is 0 Å². The average molecular weight is 270 g/mol. The number of benzene rings is 2. The molecular weight excluding hydrogens is 258 g/mol. The molecule has 0 amide bonds. The van der Waals surface area contributed by atoms with Crippen LogP contribution in [-0.4, -0.2) is 34.3 Å². The molecule has 1 aliphatic heterocycles. The van der Waals surface area contributed by atoms with Gasteiger partial charge in [0.1, 0.15) is 11.5 Å². The fraction of sp³-hybridized carbons (Fsp3) is 0.0769. The minimum atomic E-state index is -1.80. The van der Waals surface area contributed by atoms with Gasteiger partial charge in [-0.05, 0) is 34.2 Å². The summed E-state index contributed by atoms with van der Waals surface area (Å²) in [7, 11) is -3.56. The molecule has 0 aliphatic carbocycles. The maximum atomic E-state index is 9.54. The van der Waals surface area contributed by atoms with Gasteiger partial charge < -0.3 is 24.8 Å². The number of hydrogen-bond donors (Lipinski definition) is 4. The molecule has 2 aromatic carbocycles. The third-order valence-electron chi connectivity index (χ3n) is 3.44. The second-order valence-electron chi connectivity index (χ2n) is 4.68. The second-order valence-corrected chi connectivity index (χ2v) is 4.68. The Labute approximate surface area is 116 Å². The Kier molecular flexibility index (Phi) is 3.27. The van der Waals surface area contributed by atoms with Crippen LogP contribution in [0.3, 0.4) is 0 Å². The van der Waals surface area contributed by atoms with Gasteiger partial charge in [0.2, 0.25) is 0 Å². The lowest BCUT2D eigenvalue weighted by atomic mass is 9.63. The maximum Gasteiger partial charge on any atom is 0.488 e. The van der Waals surface area contributed by atoms with E-state index in [0.29, 0.717) is 17.7 Å². The maximum absolute atomic E-state index is 9.54. The van der Waals surface area contributed by atoms with E-state index >= 15 is 0 Å². The van der Waals surface area contributed by atoms with E-state index in [9.17, 15) is 20.1 Å². The van der Waals surface area contributed by atoms with Gasteiger partial charge in [0.05, 0.1) is 0 Å². The molecule has 7 heteroatoms. The van der Waals surface area contributed by atoms with Crippen molar-refractivity contribution in [3.8, 4) is 11.5 Å². The molecule has 5 nitrogen and oxygen atoms in total. The molecule has 3 rings (SSSR count). The van der Waals surface area contributed by atoms with Crippen LogP contribution in [0.15, 0.2) is 36.4 Å². The van der Waals surface area contributed by atoms with E-state index in [1.54, 1.807) is 6.07 Å². The Morgan fingerprint density at radius 1 is 0.850 bits per heavy atom. The lowest BCUT2D eigenvalue weighted by Gasteiger charge is -2.24. The topological polar surface area (TPSA) is 90.2 Å². The molecule has 0 bridgehead atoms. The minimum Gasteiger partial charge on any atom is -0.457 e. The Hall–Kier alpha value is -1.79. The van der Waals surface area contributed by atoms with E-state index in [-0.39, 0.29) is 10.9 Å². The van der Waals surface area contributed by atoms with E-state index in [1.165, 1.54) is 6.07 Å². The summed E-state index contributed by atoms with van der Waals surface area (Å²) in [6.07, 6.45) is 0.443. The van der Waals surface area contributed by atoms with Gasteiger partial charge in [0.25, 0.3) is 0 Å². The molecule has 20 heavy (non-hydrogen) atoms. The highest BCUT2D eigenvalue weighted by Gasteiger charge is 2.30. The fourth-order valence-electron chi connectivity index (χ4n) is 2.53. The Balaban J connectivity index is 2.16. The molecule has 0 atom stereocenters. The highest BCUT2D eigenvalue weighted by Crippen LogP contribution is 2.34. The van der Waals surface area contributed by atoms with Crippen LogP contribution in [0.25, 0.3) is 0 Å². The summed E-state index contributed by atoms with van der Waals surface area (Å²) in [5, 5.41) is 37.8. The molecule has 0 aromatic heterocycles. The van der Waals surface area contributed by atoms with Crippen LogP contribution < -0.4 is 15.7 Å². The quantitative estimate of drug-likeness (QED) is 0.436. The van der Waals surface area contributed by atoms with Crippen molar-refractivity contribution >= 4 is 25.2 Å². The van der Waals surface area contributed by atoms with Crippen LogP contribution in [0.2, 0.25) is 0 Å². The molecular formula is C13H12B2O5. The van der Waals surface area contributed by atoms with Gasteiger partial charge in [-0.25, -0.2) is 0 Å². The minimum absolute atomic E-state index is 0.0710. The van der Waals surface area contributed by atoms with Crippen molar-refractivity contribution in [2.45, 2.75) is 6.42 Å². The van der Waals surface area contributed by atoms with Crippen molar-refractivity contribution in [3.05, 3.63) is 47.5 Å². The van der Waals surface area contributed by atoms with Crippen molar-refractivity contribution in [1.82, 2.24) is 0 Å². The lowest BCUT2D eigenvalue weighted by molar-refractivity contribution is 0.417. The first kappa shape index (κ1) is 13.2. The molecule has 0 saturated carbocycles. The van der Waals surface area contributed by atoms with Crippen LogP contribution in [0.4, 0.5) is 0 Å². The van der Waals surface area contributed by atoms with Crippen LogP contribution in [-0.2, 0) is 6.42 Å². The molecule has 0 fully saturated rings. The van der Waals surface area contributed by atoms with Gasteiger partial charge in [-0.1, -0.05) is 24.3 Å². The van der Waals surface area contributed by atoms with Gasteiger partial charge in [-0.3, -0.25) is 0 Å². The number of hydrogen-bond acceptors (Lipinski definition) is 5. The lowest BCUT2D eigenvalue weighted by Crippen LogP contribution is -2.51. The van der Waals surface area contributed by atoms with Crippen molar-refractivity contribution in [3.63, 3.8) is 0 Å². The van der Waals surface area contributed by atoms with E-state index in [4.69, 9.17) is 4.74 Å². The molecule has 0 unspecified atom stereocenters. The van der Waals surface area contributed by atoms with E-state index in [2.05, 4.69) is 0 Å². The largest absolute Gasteiger partial charge is 0.488 e. The summed E-state index contributed by atoms with van der Waals surface area (Å²) in [6, 6.07) is 10.5. The van der Waals surface area contributed by atoms with Crippen LogP contribution in [0.1, 0.15) is 11.1 Å².